The number of methoxy groups -OCH3 is 1. The van der Waals surface area contributed by atoms with Gasteiger partial charge in [-0.15, -0.1) is 0 Å². The van der Waals surface area contributed by atoms with E-state index in [0.717, 1.165) is 19.3 Å². The molecule has 1 fully saturated rings. The molecular formula is C19H29N3O5S. The zero-order chi connectivity index (χ0) is 20.7. The van der Waals surface area contributed by atoms with E-state index < -0.39 is 10.0 Å². The minimum atomic E-state index is -3.76. The molecule has 0 radical (unpaired) electrons. The van der Waals surface area contributed by atoms with Crippen molar-refractivity contribution in [2.45, 2.75) is 37.5 Å². The summed E-state index contributed by atoms with van der Waals surface area (Å²) in [5, 5.41) is 2.92. The maximum Gasteiger partial charge on any atom is 0.253 e. The molecule has 1 atom stereocenters. The molecule has 9 heteroatoms. The lowest BCUT2D eigenvalue weighted by Crippen LogP contribution is -2.43. The average Bonchev–Trinajstić information content (AvgIpc) is 2.71. The van der Waals surface area contributed by atoms with Gasteiger partial charge in [-0.1, -0.05) is 6.92 Å². The summed E-state index contributed by atoms with van der Waals surface area (Å²) < 4.78 is 31.8. The Morgan fingerprint density at radius 2 is 2.07 bits per heavy atom. The van der Waals surface area contributed by atoms with Crippen molar-refractivity contribution in [2.24, 2.45) is 5.92 Å². The lowest BCUT2D eigenvalue weighted by molar-refractivity contribution is -0.121. The van der Waals surface area contributed by atoms with E-state index in [1.54, 1.807) is 11.0 Å². The van der Waals surface area contributed by atoms with Gasteiger partial charge in [0.15, 0.2) is 0 Å². The molecule has 1 aromatic carbocycles. The zero-order valence-corrected chi connectivity index (χ0v) is 17.5. The number of benzene rings is 1. The molecule has 0 spiro atoms. The van der Waals surface area contributed by atoms with E-state index in [4.69, 9.17) is 4.74 Å². The molecule has 0 unspecified atom stereocenters. The van der Waals surface area contributed by atoms with Crippen LogP contribution in [0, 0.1) is 5.92 Å². The van der Waals surface area contributed by atoms with Crippen LogP contribution in [-0.2, 0) is 14.8 Å². The lowest BCUT2D eigenvalue weighted by Gasteiger charge is -2.33. The number of nitrogens with one attached hydrogen (secondary N) is 2. The average molecular weight is 412 g/mol. The molecule has 0 aromatic heterocycles. The molecule has 1 saturated heterocycles. The normalized spacial score (nSPS) is 17.2. The summed E-state index contributed by atoms with van der Waals surface area (Å²) in [5.41, 5.74) is 0.297. The molecule has 1 aromatic rings. The van der Waals surface area contributed by atoms with Gasteiger partial charge in [0.25, 0.3) is 5.91 Å². The van der Waals surface area contributed by atoms with E-state index in [0.29, 0.717) is 31.6 Å². The highest BCUT2D eigenvalue weighted by atomic mass is 32.2. The number of hydrogen-bond donors (Lipinski definition) is 2. The Labute approximate surface area is 166 Å². The van der Waals surface area contributed by atoms with Crippen LogP contribution in [-0.4, -0.2) is 58.9 Å². The Hall–Kier alpha value is -2.13. The topological polar surface area (TPSA) is 105 Å². The minimum absolute atomic E-state index is 0.0306. The van der Waals surface area contributed by atoms with Gasteiger partial charge in [-0.25, -0.2) is 13.1 Å². The van der Waals surface area contributed by atoms with Crippen molar-refractivity contribution in [3.63, 3.8) is 0 Å². The second-order valence-corrected chi connectivity index (χ2v) is 8.74. The smallest absolute Gasteiger partial charge is 0.253 e. The first kappa shape index (κ1) is 22.2. The Bertz CT molecular complexity index is 810. The van der Waals surface area contributed by atoms with Crippen molar-refractivity contribution in [1.82, 2.24) is 14.9 Å². The second kappa shape index (κ2) is 9.88. The third-order valence-electron chi connectivity index (χ3n) is 4.84. The summed E-state index contributed by atoms with van der Waals surface area (Å²) in [5.74, 6) is 0.182. The Kier molecular flexibility index (Phi) is 7.82. The molecular weight excluding hydrogens is 382 g/mol. The molecule has 28 heavy (non-hydrogen) atoms. The molecule has 1 aliphatic rings. The van der Waals surface area contributed by atoms with Crippen LogP contribution in [0.15, 0.2) is 23.1 Å². The molecule has 1 heterocycles. The van der Waals surface area contributed by atoms with Gasteiger partial charge in [0.1, 0.15) is 10.6 Å². The highest BCUT2D eigenvalue weighted by Gasteiger charge is 2.27. The largest absolute Gasteiger partial charge is 0.495 e. The molecule has 8 nitrogen and oxygen atoms in total. The van der Waals surface area contributed by atoms with Crippen LogP contribution < -0.4 is 14.8 Å². The summed E-state index contributed by atoms with van der Waals surface area (Å²) in [6.07, 6.45) is 3.09. The van der Waals surface area contributed by atoms with Gasteiger partial charge in [0.05, 0.1) is 7.11 Å². The van der Waals surface area contributed by atoms with Crippen molar-refractivity contribution in [3.8, 4) is 5.75 Å². The van der Waals surface area contributed by atoms with Crippen molar-refractivity contribution in [1.29, 1.82) is 0 Å². The second-order valence-electron chi connectivity index (χ2n) is 6.89. The maximum atomic E-state index is 12.9. The monoisotopic (exact) mass is 411 g/mol. The van der Waals surface area contributed by atoms with Crippen molar-refractivity contribution in [2.75, 3.05) is 33.8 Å². The maximum absolute atomic E-state index is 12.9. The van der Waals surface area contributed by atoms with Crippen LogP contribution in [0.2, 0.25) is 0 Å². The van der Waals surface area contributed by atoms with Gasteiger partial charge in [-0.2, -0.15) is 0 Å². The number of ether oxygens (including phenoxy) is 1. The third-order valence-corrected chi connectivity index (χ3v) is 6.28. The Balaban J connectivity index is 2.12. The van der Waals surface area contributed by atoms with E-state index >= 15 is 0 Å². The highest BCUT2D eigenvalue weighted by Crippen LogP contribution is 2.26. The number of rotatable bonds is 8. The number of carbonyl (C=O) groups is 2. The quantitative estimate of drug-likeness (QED) is 0.672. The standard InChI is InChI=1S/C19H29N3O5S/c1-4-6-18(23)21-12-14-7-5-10-22(13-14)19(24)15-8-9-16(27-3)17(11-15)28(25,26)20-2/h8-9,11,14,20H,4-7,10,12-13H2,1-3H3,(H,21,23)/t14-/m1/s1. The number of piperidine rings is 1. The number of carbonyl (C=O) groups excluding carboxylic acids is 2. The Morgan fingerprint density at radius 1 is 1.32 bits per heavy atom. The number of nitrogens with zero attached hydrogens (tertiary/aromatic N) is 1. The van der Waals surface area contributed by atoms with E-state index in [-0.39, 0.29) is 28.4 Å². The van der Waals surface area contributed by atoms with Crippen LogP contribution in [0.5, 0.6) is 5.75 Å². The van der Waals surface area contributed by atoms with Gasteiger partial charge < -0.3 is 15.0 Å². The van der Waals surface area contributed by atoms with E-state index in [2.05, 4.69) is 10.0 Å². The number of amides is 2. The van der Waals surface area contributed by atoms with E-state index in [1.165, 1.54) is 26.3 Å². The summed E-state index contributed by atoms with van der Waals surface area (Å²) in [7, 11) is -1.06. The van der Waals surface area contributed by atoms with Crippen molar-refractivity contribution >= 4 is 21.8 Å². The fourth-order valence-electron chi connectivity index (χ4n) is 3.30. The van der Waals surface area contributed by atoms with Gasteiger partial charge in [-0.05, 0) is 50.4 Å². The molecule has 2 rings (SSSR count). The van der Waals surface area contributed by atoms with Crippen LogP contribution in [0.3, 0.4) is 0 Å². The molecule has 1 aliphatic heterocycles. The van der Waals surface area contributed by atoms with Gasteiger partial charge in [-0.3, -0.25) is 9.59 Å². The van der Waals surface area contributed by atoms with Crippen molar-refractivity contribution < 1.29 is 22.7 Å². The fraction of sp³-hybridized carbons (Fsp3) is 0.579. The SMILES string of the molecule is CCCC(=O)NC[C@H]1CCCN(C(=O)c2ccc(OC)c(S(=O)(=O)NC)c2)C1. The molecule has 0 saturated carbocycles. The van der Waals surface area contributed by atoms with E-state index in [9.17, 15) is 18.0 Å². The van der Waals surface area contributed by atoms with Gasteiger partial charge in [0, 0.05) is 31.6 Å². The predicted octanol–water partition coefficient (Wildman–Crippen LogP) is 1.37. The minimum Gasteiger partial charge on any atom is -0.495 e. The lowest BCUT2D eigenvalue weighted by atomic mass is 9.97. The number of sulfonamides is 1. The van der Waals surface area contributed by atoms with Gasteiger partial charge in [0.2, 0.25) is 15.9 Å². The summed E-state index contributed by atoms with van der Waals surface area (Å²) in [6.45, 7) is 3.65. The van der Waals surface area contributed by atoms with Crippen LogP contribution >= 0.6 is 0 Å². The first-order chi connectivity index (χ1) is 13.3. The third kappa shape index (κ3) is 5.45. The van der Waals surface area contributed by atoms with Crippen molar-refractivity contribution in [3.05, 3.63) is 23.8 Å². The zero-order valence-electron chi connectivity index (χ0n) is 16.7. The molecule has 156 valence electrons. The number of likely N-dealkylation sites (tertiary alicyclic amines) is 1. The van der Waals surface area contributed by atoms with Crippen LogP contribution in [0.4, 0.5) is 0 Å². The number of hydrogen-bond acceptors (Lipinski definition) is 5. The molecule has 2 amide bonds. The van der Waals surface area contributed by atoms with Crippen LogP contribution in [0.1, 0.15) is 43.0 Å². The summed E-state index contributed by atoms with van der Waals surface area (Å²) >= 11 is 0. The molecule has 2 N–H and O–H groups in total. The highest BCUT2D eigenvalue weighted by molar-refractivity contribution is 7.89. The molecule has 0 bridgehead atoms. The first-order valence-corrected chi connectivity index (χ1v) is 11.0. The summed E-state index contributed by atoms with van der Waals surface area (Å²) in [6, 6.07) is 4.41. The predicted molar refractivity (Wildman–Crippen MR) is 106 cm³/mol. The summed E-state index contributed by atoms with van der Waals surface area (Å²) in [4.78, 5) is 26.3. The van der Waals surface area contributed by atoms with Crippen LogP contribution in [0.25, 0.3) is 0 Å². The Morgan fingerprint density at radius 3 is 2.71 bits per heavy atom. The fourth-order valence-corrected chi connectivity index (χ4v) is 4.22. The van der Waals surface area contributed by atoms with Gasteiger partial charge >= 0.3 is 0 Å². The van der Waals surface area contributed by atoms with E-state index in [1.807, 2.05) is 6.92 Å². The first-order valence-electron chi connectivity index (χ1n) is 9.50. The molecule has 0 aliphatic carbocycles.